The van der Waals surface area contributed by atoms with Crippen LogP contribution in [0.25, 0.3) is 11.1 Å². The van der Waals surface area contributed by atoms with E-state index < -0.39 is 5.97 Å². The number of nitrogens with zero attached hydrogens (tertiary/aromatic N) is 1. The molecule has 5 heteroatoms. The molecule has 2 heterocycles. The summed E-state index contributed by atoms with van der Waals surface area (Å²) in [6.07, 6.45) is 8.77. The van der Waals surface area contributed by atoms with E-state index in [2.05, 4.69) is 21.5 Å². The van der Waals surface area contributed by atoms with Crippen LogP contribution in [0.1, 0.15) is 27.7 Å². The number of rotatable bonds is 3. The van der Waals surface area contributed by atoms with Crippen molar-refractivity contribution in [3.8, 4) is 23.5 Å². The number of hydrogen-bond acceptors (Lipinski definition) is 4. The molecule has 5 nitrogen and oxygen atoms in total. The van der Waals surface area contributed by atoms with E-state index in [1.165, 1.54) is 0 Å². The number of aromatic carboxylic acids is 1. The zero-order valence-corrected chi connectivity index (χ0v) is 13.7. The molecule has 1 aliphatic heterocycles. The molecule has 0 saturated heterocycles. The Morgan fingerprint density at radius 2 is 2.08 bits per heavy atom. The van der Waals surface area contributed by atoms with Crippen molar-refractivity contribution in [3.63, 3.8) is 0 Å². The summed E-state index contributed by atoms with van der Waals surface area (Å²) in [6, 6.07) is 14.6. The summed E-state index contributed by atoms with van der Waals surface area (Å²) in [7, 11) is 0. The van der Waals surface area contributed by atoms with E-state index in [9.17, 15) is 9.90 Å². The Balaban J connectivity index is 1.76. The average molecular weight is 341 g/mol. The number of carbonyl (C=O) groups is 1. The lowest BCUT2D eigenvalue weighted by molar-refractivity contribution is 0.0697. The number of anilines is 2. The third kappa shape index (κ3) is 2.74. The predicted octanol–water partition coefficient (Wildman–Crippen LogP) is 3.96. The zero-order valence-electron chi connectivity index (χ0n) is 13.7. The molecular formula is C21H15N3O2. The van der Waals surface area contributed by atoms with Crippen molar-refractivity contribution in [1.29, 1.82) is 0 Å². The first-order chi connectivity index (χ1) is 12.7. The van der Waals surface area contributed by atoms with E-state index in [4.69, 9.17) is 6.42 Å². The minimum Gasteiger partial charge on any atom is -0.478 e. The topological polar surface area (TPSA) is 74.2 Å². The Hall–Kier alpha value is -3.78. The van der Waals surface area contributed by atoms with Gasteiger partial charge in [0.1, 0.15) is 6.17 Å². The highest BCUT2D eigenvalue weighted by molar-refractivity contribution is 5.93. The molecule has 0 radical (unpaired) electrons. The van der Waals surface area contributed by atoms with Crippen LogP contribution in [0.15, 0.2) is 60.9 Å². The molecule has 3 N–H and O–H groups in total. The molecule has 0 amide bonds. The zero-order chi connectivity index (χ0) is 18.1. The molecule has 1 unspecified atom stereocenters. The van der Waals surface area contributed by atoms with E-state index >= 15 is 0 Å². The average Bonchev–Trinajstić information content (AvgIpc) is 2.68. The number of benzene rings is 2. The van der Waals surface area contributed by atoms with E-state index in [-0.39, 0.29) is 11.7 Å². The molecule has 0 spiro atoms. The fraction of sp³-hybridized carbons (Fsp3) is 0.0476. The number of carboxylic acid groups (broad SMARTS) is 1. The molecule has 0 aliphatic carbocycles. The second-order valence-electron chi connectivity index (χ2n) is 5.98. The number of nitrogens with one attached hydrogen (secondary N) is 2. The molecule has 1 atom stereocenters. The first-order valence-electron chi connectivity index (χ1n) is 8.07. The van der Waals surface area contributed by atoms with Crippen molar-refractivity contribution in [2.24, 2.45) is 0 Å². The molecule has 0 fully saturated rings. The Labute approximate surface area is 150 Å². The number of carboxylic acids is 1. The summed E-state index contributed by atoms with van der Waals surface area (Å²) in [6.45, 7) is 0. The standard InChI is InChI=1S/C21H15N3O2/c1-2-13-4-3-5-15(10-13)23-20-17-8-9-22-12-18(17)16-7-6-14(21(25)26)11-19(16)24-20/h1,3-12,20,23-24H,(H,25,26). The number of hydrogen-bond donors (Lipinski definition) is 3. The van der Waals surface area contributed by atoms with Gasteiger partial charge < -0.3 is 15.7 Å². The number of terminal acetylenes is 1. The van der Waals surface area contributed by atoms with Gasteiger partial charge in [0.15, 0.2) is 0 Å². The highest BCUT2D eigenvalue weighted by Gasteiger charge is 2.25. The minimum absolute atomic E-state index is 0.233. The second kappa shape index (κ2) is 6.26. The van der Waals surface area contributed by atoms with Crippen LogP contribution in [0.3, 0.4) is 0 Å². The summed E-state index contributed by atoms with van der Waals surface area (Å²) < 4.78 is 0. The molecule has 1 aromatic heterocycles. The van der Waals surface area contributed by atoms with Crippen LogP contribution in [-0.4, -0.2) is 16.1 Å². The lowest BCUT2D eigenvalue weighted by Gasteiger charge is -2.31. The van der Waals surface area contributed by atoms with Crippen LogP contribution in [-0.2, 0) is 0 Å². The summed E-state index contributed by atoms with van der Waals surface area (Å²) in [5.41, 5.74) is 5.56. The predicted molar refractivity (Wildman–Crippen MR) is 101 cm³/mol. The third-order valence-electron chi connectivity index (χ3n) is 4.36. The normalized spacial score (nSPS) is 14.3. The lowest BCUT2D eigenvalue weighted by atomic mass is 9.93. The van der Waals surface area contributed by atoms with Crippen LogP contribution in [0.4, 0.5) is 11.4 Å². The molecule has 26 heavy (non-hydrogen) atoms. The van der Waals surface area contributed by atoms with Gasteiger partial charge in [0.05, 0.1) is 5.56 Å². The SMILES string of the molecule is C#Cc1cccc(NC2Nc3cc(C(=O)O)ccc3-c3cnccc32)c1. The van der Waals surface area contributed by atoms with Gasteiger partial charge in [0.25, 0.3) is 0 Å². The van der Waals surface area contributed by atoms with E-state index in [1.54, 1.807) is 24.5 Å². The van der Waals surface area contributed by atoms with Gasteiger partial charge in [-0.3, -0.25) is 4.98 Å². The maximum atomic E-state index is 11.3. The van der Waals surface area contributed by atoms with Crippen molar-refractivity contribution in [3.05, 3.63) is 77.6 Å². The lowest BCUT2D eigenvalue weighted by Crippen LogP contribution is -2.24. The highest BCUT2D eigenvalue weighted by atomic mass is 16.4. The fourth-order valence-electron chi connectivity index (χ4n) is 3.13. The van der Waals surface area contributed by atoms with Crippen molar-refractivity contribution in [2.75, 3.05) is 10.6 Å². The molecular weight excluding hydrogens is 326 g/mol. The van der Waals surface area contributed by atoms with Crippen molar-refractivity contribution < 1.29 is 9.90 Å². The van der Waals surface area contributed by atoms with Crippen LogP contribution in [0, 0.1) is 12.3 Å². The smallest absolute Gasteiger partial charge is 0.335 e. The van der Waals surface area contributed by atoms with Crippen LogP contribution < -0.4 is 10.6 Å². The van der Waals surface area contributed by atoms with Gasteiger partial charge in [-0.2, -0.15) is 0 Å². The molecule has 126 valence electrons. The number of pyridine rings is 1. The molecule has 3 aromatic rings. The third-order valence-corrected chi connectivity index (χ3v) is 4.36. The summed E-state index contributed by atoms with van der Waals surface area (Å²) in [4.78, 5) is 15.5. The summed E-state index contributed by atoms with van der Waals surface area (Å²) >= 11 is 0. The van der Waals surface area contributed by atoms with Gasteiger partial charge in [0, 0.05) is 46.0 Å². The fourth-order valence-corrected chi connectivity index (χ4v) is 3.13. The van der Waals surface area contributed by atoms with Gasteiger partial charge in [-0.1, -0.05) is 18.1 Å². The summed E-state index contributed by atoms with van der Waals surface area (Å²) in [5, 5.41) is 16.1. The Bertz CT molecular complexity index is 1050. The van der Waals surface area contributed by atoms with Crippen LogP contribution >= 0.6 is 0 Å². The maximum absolute atomic E-state index is 11.3. The van der Waals surface area contributed by atoms with Crippen molar-refractivity contribution in [2.45, 2.75) is 6.17 Å². The van der Waals surface area contributed by atoms with Crippen LogP contribution in [0.5, 0.6) is 0 Å². The first kappa shape index (κ1) is 15.7. The number of aromatic nitrogens is 1. The Morgan fingerprint density at radius 3 is 2.88 bits per heavy atom. The Kier molecular flexibility index (Phi) is 3.79. The first-order valence-corrected chi connectivity index (χ1v) is 8.07. The molecule has 2 aromatic carbocycles. The van der Waals surface area contributed by atoms with Gasteiger partial charge in [-0.25, -0.2) is 4.79 Å². The van der Waals surface area contributed by atoms with Crippen molar-refractivity contribution >= 4 is 17.3 Å². The molecule has 0 bridgehead atoms. The monoisotopic (exact) mass is 341 g/mol. The minimum atomic E-state index is -0.960. The quantitative estimate of drug-likeness (QED) is 0.629. The van der Waals surface area contributed by atoms with E-state index in [0.29, 0.717) is 0 Å². The largest absolute Gasteiger partial charge is 0.478 e. The number of fused-ring (bicyclic) bond motifs is 3. The van der Waals surface area contributed by atoms with Gasteiger partial charge in [0.2, 0.25) is 0 Å². The van der Waals surface area contributed by atoms with Crippen molar-refractivity contribution in [1.82, 2.24) is 4.98 Å². The van der Waals surface area contributed by atoms with E-state index in [0.717, 1.165) is 33.6 Å². The van der Waals surface area contributed by atoms with E-state index in [1.807, 2.05) is 36.4 Å². The maximum Gasteiger partial charge on any atom is 0.335 e. The highest BCUT2D eigenvalue weighted by Crippen LogP contribution is 2.40. The molecule has 0 saturated carbocycles. The van der Waals surface area contributed by atoms with Gasteiger partial charge in [-0.15, -0.1) is 6.42 Å². The Morgan fingerprint density at radius 1 is 1.19 bits per heavy atom. The molecule has 4 rings (SSSR count). The van der Waals surface area contributed by atoms with Crippen LogP contribution in [0.2, 0.25) is 0 Å². The van der Waals surface area contributed by atoms with Gasteiger partial charge in [-0.05, 0) is 36.4 Å². The molecule has 1 aliphatic rings. The van der Waals surface area contributed by atoms with Gasteiger partial charge >= 0.3 is 5.97 Å². The summed E-state index contributed by atoms with van der Waals surface area (Å²) in [5.74, 6) is 1.66. The second-order valence-corrected chi connectivity index (χ2v) is 5.98.